The zero-order valence-electron chi connectivity index (χ0n) is 8.77. The van der Waals surface area contributed by atoms with Crippen molar-refractivity contribution in [3.05, 3.63) is 29.8 Å². The molecule has 4 N–H and O–H groups in total. The fourth-order valence-corrected chi connectivity index (χ4v) is 1.20. The fraction of sp³-hybridized carbons (Fsp3) is 0.455. The number of phenols is 1. The lowest BCUT2D eigenvalue weighted by Crippen LogP contribution is -2.40. The van der Waals surface area contributed by atoms with Crippen molar-refractivity contribution in [1.29, 1.82) is 0 Å². The summed E-state index contributed by atoms with van der Waals surface area (Å²) in [6.45, 7) is 2.13. The van der Waals surface area contributed by atoms with Crippen LogP contribution >= 0.6 is 0 Å². The third-order valence-corrected chi connectivity index (χ3v) is 2.09. The van der Waals surface area contributed by atoms with E-state index in [0.717, 1.165) is 5.56 Å². The van der Waals surface area contributed by atoms with Crippen LogP contribution in [0.5, 0.6) is 5.75 Å². The largest absolute Gasteiger partial charge is 0.508 e. The first-order valence-corrected chi connectivity index (χ1v) is 4.85. The van der Waals surface area contributed by atoms with Gasteiger partial charge in [0.1, 0.15) is 5.75 Å². The Bertz CT molecular complexity index is 312. The molecule has 0 aliphatic rings. The zero-order valence-corrected chi connectivity index (χ0v) is 8.77. The van der Waals surface area contributed by atoms with Crippen LogP contribution in [0.2, 0.25) is 0 Å². The minimum Gasteiger partial charge on any atom is -0.508 e. The number of benzene rings is 1. The van der Waals surface area contributed by atoms with Crippen LogP contribution in [0.25, 0.3) is 0 Å². The molecule has 1 unspecified atom stereocenters. The van der Waals surface area contributed by atoms with Crippen LogP contribution in [0.1, 0.15) is 12.5 Å². The molecule has 0 saturated heterocycles. The number of rotatable bonds is 5. The van der Waals surface area contributed by atoms with E-state index in [-0.39, 0.29) is 12.4 Å². The molecule has 0 spiro atoms. The van der Waals surface area contributed by atoms with Gasteiger partial charge in [0, 0.05) is 13.1 Å². The van der Waals surface area contributed by atoms with Crippen molar-refractivity contribution in [3.8, 4) is 5.75 Å². The van der Waals surface area contributed by atoms with Gasteiger partial charge in [-0.3, -0.25) is 0 Å². The van der Waals surface area contributed by atoms with Gasteiger partial charge in [0.05, 0.1) is 12.2 Å². The lowest BCUT2D eigenvalue weighted by atomic mass is 10.1. The second kappa shape index (κ2) is 5.11. The van der Waals surface area contributed by atoms with E-state index in [1.165, 1.54) is 0 Å². The van der Waals surface area contributed by atoms with Crippen molar-refractivity contribution < 1.29 is 15.3 Å². The Morgan fingerprint density at radius 1 is 1.40 bits per heavy atom. The smallest absolute Gasteiger partial charge is 0.115 e. The van der Waals surface area contributed by atoms with Crippen LogP contribution in [-0.2, 0) is 6.54 Å². The summed E-state index contributed by atoms with van der Waals surface area (Å²) in [6.07, 6.45) is 0. The van der Waals surface area contributed by atoms with E-state index in [0.29, 0.717) is 13.1 Å². The summed E-state index contributed by atoms with van der Waals surface area (Å²) >= 11 is 0. The molecular weight excluding hydrogens is 194 g/mol. The Balaban J connectivity index is 2.38. The number of aromatic hydroxyl groups is 1. The van der Waals surface area contributed by atoms with Crippen LogP contribution < -0.4 is 5.32 Å². The third kappa shape index (κ3) is 4.29. The second-order valence-electron chi connectivity index (χ2n) is 3.93. The number of hydrogen-bond donors (Lipinski definition) is 4. The normalized spacial score (nSPS) is 14.9. The molecule has 0 aromatic heterocycles. The summed E-state index contributed by atoms with van der Waals surface area (Å²) in [4.78, 5) is 0. The first kappa shape index (κ1) is 12.0. The number of phenolic OH excluding ortho intramolecular Hbond substituents is 1. The van der Waals surface area contributed by atoms with Gasteiger partial charge in [-0.15, -0.1) is 0 Å². The van der Waals surface area contributed by atoms with Crippen molar-refractivity contribution in [2.24, 2.45) is 0 Å². The predicted octanol–water partition coefficient (Wildman–Crippen LogP) is 0.225. The van der Waals surface area contributed by atoms with Crippen molar-refractivity contribution in [1.82, 2.24) is 5.32 Å². The second-order valence-corrected chi connectivity index (χ2v) is 3.93. The fourth-order valence-electron chi connectivity index (χ4n) is 1.20. The lowest BCUT2D eigenvalue weighted by Gasteiger charge is -2.20. The topological polar surface area (TPSA) is 72.7 Å². The number of aliphatic hydroxyl groups excluding tert-OH is 1. The van der Waals surface area contributed by atoms with Gasteiger partial charge in [0.25, 0.3) is 0 Å². The van der Waals surface area contributed by atoms with E-state index >= 15 is 0 Å². The van der Waals surface area contributed by atoms with E-state index in [4.69, 9.17) is 5.11 Å². The quantitative estimate of drug-likeness (QED) is 0.562. The van der Waals surface area contributed by atoms with E-state index in [9.17, 15) is 10.2 Å². The Morgan fingerprint density at radius 3 is 2.73 bits per heavy atom. The molecule has 0 aliphatic heterocycles. The highest BCUT2D eigenvalue weighted by molar-refractivity contribution is 5.26. The molecule has 1 aromatic rings. The highest BCUT2D eigenvalue weighted by Crippen LogP contribution is 2.10. The maximum absolute atomic E-state index is 9.49. The maximum atomic E-state index is 9.49. The van der Waals surface area contributed by atoms with Crippen molar-refractivity contribution in [3.63, 3.8) is 0 Å². The molecule has 4 nitrogen and oxygen atoms in total. The Morgan fingerprint density at radius 2 is 2.13 bits per heavy atom. The molecule has 0 saturated carbocycles. The summed E-state index contributed by atoms with van der Waals surface area (Å²) in [7, 11) is 0. The monoisotopic (exact) mass is 211 g/mol. The van der Waals surface area contributed by atoms with Gasteiger partial charge in [-0.25, -0.2) is 0 Å². The first-order valence-electron chi connectivity index (χ1n) is 4.85. The van der Waals surface area contributed by atoms with Crippen molar-refractivity contribution in [2.75, 3.05) is 13.2 Å². The molecule has 15 heavy (non-hydrogen) atoms. The van der Waals surface area contributed by atoms with Gasteiger partial charge in [0.2, 0.25) is 0 Å². The van der Waals surface area contributed by atoms with Gasteiger partial charge in [-0.2, -0.15) is 0 Å². The maximum Gasteiger partial charge on any atom is 0.115 e. The van der Waals surface area contributed by atoms with Gasteiger partial charge >= 0.3 is 0 Å². The molecule has 0 aliphatic carbocycles. The Hall–Kier alpha value is -1.10. The number of hydrogen-bond acceptors (Lipinski definition) is 4. The molecule has 0 bridgehead atoms. The van der Waals surface area contributed by atoms with Crippen LogP contribution in [-0.4, -0.2) is 34.1 Å². The minimum atomic E-state index is -1.10. The summed E-state index contributed by atoms with van der Waals surface area (Å²) < 4.78 is 0. The standard InChI is InChI=1S/C11H17NO3/c1-11(15,8-13)7-12-6-9-3-2-4-10(14)5-9/h2-5,12-15H,6-8H2,1H3. The van der Waals surface area contributed by atoms with Crippen LogP contribution in [0.15, 0.2) is 24.3 Å². The molecule has 84 valence electrons. The Kier molecular flexibility index (Phi) is 4.08. The molecular formula is C11H17NO3. The van der Waals surface area contributed by atoms with Gasteiger partial charge in [-0.1, -0.05) is 12.1 Å². The molecule has 1 rings (SSSR count). The van der Waals surface area contributed by atoms with Gasteiger partial charge in [-0.05, 0) is 24.6 Å². The van der Waals surface area contributed by atoms with Crippen molar-refractivity contribution >= 4 is 0 Å². The third-order valence-electron chi connectivity index (χ3n) is 2.09. The SMILES string of the molecule is CC(O)(CO)CNCc1cccc(O)c1. The van der Waals surface area contributed by atoms with Gasteiger partial charge in [0.15, 0.2) is 0 Å². The first-order chi connectivity index (χ1) is 7.03. The van der Waals surface area contributed by atoms with E-state index < -0.39 is 5.60 Å². The van der Waals surface area contributed by atoms with E-state index in [1.807, 2.05) is 6.07 Å². The summed E-state index contributed by atoms with van der Waals surface area (Å²) in [6, 6.07) is 6.89. The lowest BCUT2D eigenvalue weighted by molar-refractivity contribution is 0.00254. The minimum absolute atomic E-state index is 0.225. The van der Waals surface area contributed by atoms with Crippen LogP contribution in [0, 0.1) is 0 Å². The van der Waals surface area contributed by atoms with Crippen LogP contribution in [0.3, 0.4) is 0 Å². The van der Waals surface area contributed by atoms with Gasteiger partial charge < -0.3 is 20.6 Å². The molecule has 0 radical (unpaired) electrons. The Labute approximate surface area is 89.2 Å². The highest BCUT2D eigenvalue weighted by Gasteiger charge is 2.17. The number of nitrogens with one attached hydrogen (secondary N) is 1. The molecule has 0 fully saturated rings. The summed E-state index contributed by atoms with van der Waals surface area (Å²) in [5, 5.41) is 30.5. The molecule has 0 amide bonds. The van der Waals surface area contributed by atoms with Crippen LogP contribution in [0.4, 0.5) is 0 Å². The average molecular weight is 211 g/mol. The highest BCUT2D eigenvalue weighted by atomic mass is 16.3. The number of aliphatic hydroxyl groups is 2. The average Bonchev–Trinajstić information content (AvgIpc) is 2.18. The molecule has 1 atom stereocenters. The van der Waals surface area contributed by atoms with Crippen molar-refractivity contribution in [2.45, 2.75) is 19.1 Å². The molecule has 4 heteroatoms. The van der Waals surface area contributed by atoms with E-state index in [2.05, 4.69) is 5.32 Å². The molecule has 0 heterocycles. The summed E-state index contributed by atoms with van der Waals surface area (Å²) in [5.74, 6) is 0.225. The molecule has 1 aromatic carbocycles. The van der Waals surface area contributed by atoms with E-state index in [1.54, 1.807) is 25.1 Å². The zero-order chi connectivity index (χ0) is 11.3. The summed E-state index contributed by atoms with van der Waals surface area (Å²) in [5.41, 5.74) is -0.166. The predicted molar refractivity (Wildman–Crippen MR) is 57.5 cm³/mol.